The van der Waals surface area contributed by atoms with Crippen LogP contribution < -0.4 is 0 Å². The van der Waals surface area contributed by atoms with Gasteiger partial charge in [-0.25, -0.2) is 0 Å². The van der Waals surface area contributed by atoms with Gasteiger partial charge in [0.05, 0.1) is 17.1 Å². The molecule has 0 aliphatic heterocycles. The summed E-state index contributed by atoms with van der Waals surface area (Å²) in [6, 6.07) is 4.81. The number of nitrogens with zero attached hydrogens (tertiary/aromatic N) is 1. The predicted molar refractivity (Wildman–Crippen MR) is 57.3 cm³/mol. The lowest BCUT2D eigenvalue weighted by molar-refractivity contribution is -0.386. The zero-order valence-corrected chi connectivity index (χ0v) is 8.22. The predicted octanol–water partition coefficient (Wildman–Crippen LogP) is 2.19. The zero-order valence-electron chi connectivity index (χ0n) is 8.22. The first-order valence-corrected chi connectivity index (χ1v) is 4.44. The Balaban J connectivity index is 3.37. The maximum Gasteiger partial charge on any atom is 0.278 e. The molecule has 0 saturated heterocycles. The van der Waals surface area contributed by atoms with Gasteiger partial charge in [0.2, 0.25) is 0 Å². The number of rotatable bonds is 4. The van der Waals surface area contributed by atoms with Crippen LogP contribution in [0.1, 0.15) is 17.0 Å². The van der Waals surface area contributed by atoms with E-state index in [2.05, 4.69) is 13.5 Å². The first-order chi connectivity index (χ1) is 7.11. The highest BCUT2D eigenvalue weighted by atomic mass is 16.6. The summed E-state index contributed by atoms with van der Waals surface area (Å²) < 4.78 is 0. The van der Waals surface area contributed by atoms with E-state index in [1.807, 2.05) is 0 Å². The van der Waals surface area contributed by atoms with Crippen molar-refractivity contribution in [1.29, 1.82) is 0 Å². The number of benzene rings is 1. The van der Waals surface area contributed by atoms with Gasteiger partial charge in [0.1, 0.15) is 0 Å². The summed E-state index contributed by atoms with van der Waals surface area (Å²) >= 11 is 0. The summed E-state index contributed by atoms with van der Waals surface area (Å²) in [7, 11) is 0. The van der Waals surface area contributed by atoms with E-state index in [-0.39, 0.29) is 18.2 Å². The number of nitro benzene ring substituents is 1. The van der Waals surface area contributed by atoms with E-state index in [1.54, 1.807) is 12.1 Å². The largest absolute Gasteiger partial charge is 0.391 e. The van der Waals surface area contributed by atoms with E-state index in [9.17, 15) is 10.1 Å². The van der Waals surface area contributed by atoms with Gasteiger partial charge in [0.15, 0.2) is 0 Å². The Morgan fingerprint density at radius 1 is 1.60 bits per heavy atom. The second-order valence-electron chi connectivity index (χ2n) is 3.11. The van der Waals surface area contributed by atoms with Crippen molar-refractivity contribution in [2.24, 2.45) is 0 Å². The van der Waals surface area contributed by atoms with Crippen LogP contribution >= 0.6 is 0 Å². The van der Waals surface area contributed by atoms with Gasteiger partial charge in [-0.1, -0.05) is 18.2 Å². The second kappa shape index (κ2) is 4.70. The molecule has 1 aromatic rings. The van der Waals surface area contributed by atoms with Gasteiger partial charge in [0.25, 0.3) is 5.69 Å². The first kappa shape index (κ1) is 11.4. The molecule has 1 radical (unpaired) electrons. The highest BCUT2D eigenvalue weighted by Crippen LogP contribution is 2.30. The van der Waals surface area contributed by atoms with Gasteiger partial charge >= 0.3 is 0 Å². The molecule has 1 rings (SSSR count). The highest BCUT2D eigenvalue weighted by Gasteiger charge is 2.21. The molecule has 1 aromatic carbocycles. The summed E-state index contributed by atoms with van der Waals surface area (Å²) in [4.78, 5) is 10.4. The molecule has 15 heavy (non-hydrogen) atoms. The molecule has 0 amide bonds. The van der Waals surface area contributed by atoms with Crippen LogP contribution in [0.3, 0.4) is 0 Å². The van der Waals surface area contributed by atoms with Gasteiger partial charge < -0.3 is 5.11 Å². The number of aliphatic hydroxyl groups excluding tert-OH is 1. The van der Waals surface area contributed by atoms with Crippen LogP contribution in [0.25, 0.3) is 0 Å². The van der Waals surface area contributed by atoms with Gasteiger partial charge in [-0.3, -0.25) is 10.1 Å². The van der Waals surface area contributed by atoms with Crippen molar-refractivity contribution in [2.45, 2.75) is 12.5 Å². The van der Waals surface area contributed by atoms with Crippen LogP contribution in [-0.4, -0.2) is 10.0 Å². The normalized spacial score (nSPS) is 12.1. The minimum absolute atomic E-state index is 0.0695. The molecule has 1 atom stereocenters. The number of allylic oxidation sites excluding steroid dienone is 1. The van der Waals surface area contributed by atoms with E-state index in [1.165, 1.54) is 12.1 Å². The zero-order chi connectivity index (χ0) is 11.4. The molecule has 4 nitrogen and oxygen atoms in total. The maximum atomic E-state index is 10.9. The molecule has 1 N–H and O–H groups in total. The molecule has 0 heterocycles. The molecule has 0 aliphatic rings. The summed E-state index contributed by atoms with van der Waals surface area (Å²) in [5.41, 5.74) is 0.703. The quantitative estimate of drug-likeness (QED) is 0.466. The summed E-state index contributed by atoms with van der Waals surface area (Å²) in [6.45, 7) is 6.93. The molecular weight excluding hydrogens is 194 g/mol. The minimum atomic E-state index is -0.497. The van der Waals surface area contributed by atoms with Crippen LogP contribution in [-0.2, 0) is 6.61 Å². The van der Waals surface area contributed by atoms with Gasteiger partial charge in [-0.2, -0.15) is 0 Å². The fourth-order valence-corrected chi connectivity index (χ4v) is 1.39. The third-order valence-corrected chi connectivity index (χ3v) is 2.19. The molecule has 79 valence electrons. The Labute approximate surface area is 88.0 Å². The molecule has 0 aromatic heterocycles. The van der Waals surface area contributed by atoms with Crippen LogP contribution in [0.5, 0.6) is 0 Å². The monoisotopic (exact) mass is 206 g/mol. The van der Waals surface area contributed by atoms with Crippen LogP contribution in [0.2, 0.25) is 0 Å². The number of hydrogen-bond acceptors (Lipinski definition) is 3. The standard InChI is InChI=1S/C11H12NO3/c1-3-8(2)10-6-4-5-9(7-13)11(10)12(14)15/h3-6,8,13H,1-2,7H2. The minimum Gasteiger partial charge on any atom is -0.391 e. The van der Waals surface area contributed by atoms with Crippen molar-refractivity contribution in [3.8, 4) is 0 Å². The first-order valence-electron chi connectivity index (χ1n) is 4.44. The highest BCUT2D eigenvalue weighted by molar-refractivity contribution is 5.50. The van der Waals surface area contributed by atoms with Gasteiger partial charge in [-0.05, 0) is 13.0 Å². The van der Waals surface area contributed by atoms with Crippen LogP contribution in [0.15, 0.2) is 30.9 Å². The summed E-state index contributed by atoms with van der Waals surface area (Å²) in [6.07, 6.45) is 1.53. The maximum absolute atomic E-state index is 10.9. The van der Waals surface area contributed by atoms with Crippen molar-refractivity contribution >= 4 is 5.69 Å². The number of hydrogen-bond donors (Lipinski definition) is 1. The summed E-state index contributed by atoms with van der Waals surface area (Å²) in [5, 5.41) is 19.8. The second-order valence-corrected chi connectivity index (χ2v) is 3.11. The molecule has 0 saturated carbocycles. The lowest BCUT2D eigenvalue weighted by atomic mass is 9.97. The molecule has 1 unspecified atom stereocenters. The van der Waals surface area contributed by atoms with E-state index >= 15 is 0 Å². The summed E-state index contributed by atoms with van der Waals surface area (Å²) in [5.74, 6) is -0.350. The average molecular weight is 206 g/mol. The molecule has 0 fully saturated rings. The van der Waals surface area contributed by atoms with Crippen LogP contribution in [0, 0.1) is 17.0 Å². The molecule has 0 spiro atoms. The topological polar surface area (TPSA) is 63.4 Å². The Bertz CT molecular complexity index is 387. The molecule has 4 heteroatoms. The number of nitro groups is 1. The molecule has 0 aliphatic carbocycles. The molecule has 0 bridgehead atoms. The Kier molecular flexibility index (Phi) is 3.57. The Hall–Kier alpha value is -1.68. The Morgan fingerprint density at radius 2 is 2.27 bits per heavy atom. The smallest absolute Gasteiger partial charge is 0.278 e. The van der Waals surface area contributed by atoms with Crippen molar-refractivity contribution in [3.05, 3.63) is 59.0 Å². The van der Waals surface area contributed by atoms with E-state index < -0.39 is 4.92 Å². The fraction of sp³-hybridized carbons (Fsp3) is 0.182. The van der Waals surface area contributed by atoms with Crippen molar-refractivity contribution in [3.63, 3.8) is 0 Å². The average Bonchev–Trinajstić information content (AvgIpc) is 2.26. The van der Waals surface area contributed by atoms with Crippen molar-refractivity contribution in [1.82, 2.24) is 0 Å². The fourth-order valence-electron chi connectivity index (χ4n) is 1.39. The molecular formula is C11H12NO3. The lowest BCUT2D eigenvalue weighted by Gasteiger charge is -2.09. The SMILES string of the molecule is [CH2]C(C=C)c1cccc(CO)c1[N+](=O)[O-]. The van der Waals surface area contributed by atoms with E-state index in [0.29, 0.717) is 11.1 Å². The Morgan fingerprint density at radius 3 is 2.73 bits per heavy atom. The number of aliphatic hydroxyl groups is 1. The van der Waals surface area contributed by atoms with Crippen molar-refractivity contribution < 1.29 is 10.0 Å². The lowest BCUT2D eigenvalue weighted by Crippen LogP contribution is -2.02. The van der Waals surface area contributed by atoms with Gasteiger partial charge in [-0.15, -0.1) is 6.58 Å². The third-order valence-electron chi connectivity index (χ3n) is 2.19. The van der Waals surface area contributed by atoms with E-state index in [0.717, 1.165) is 0 Å². The van der Waals surface area contributed by atoms with E-state index in [4.69, 9.17) is 5.11 Å². The van der Waals surface area contributed by atoms with Crippen molar-refractivity contribution in [2.75, 3.05) is 0 Å². The third kappa shape index (κ3) is 2.22. The van der Waals surface area contributed by atoms with Crippen LogP contribution in [0.4, 0.5) is 5.69 Å². The number of para-hydroxylation sites is 1. The van der Waals surface area contributed by atoms with Gasteiger partial charge in [0, 0.05) is 11.5 Å².